The second-order valence-electron chi connectivity index (χ2n) is 4.81. The minimum atomic E-state index is -0.812. The zero-order valence-electron chi connectivity index (χ0n) is 12.1. The fourth-order valence-corrected chi connectivity index (χ4v) is 2.23. The van der Waals surface area contributed by atoms with E-state index in [0.29, 0.717) is 13.0 Å². The van der Waals surface area contributed by atoms with Crippen molar-refractivity contribution in [3.63, 3.8) is 0 Å². The molecule has 0 aromatic heterocycles. The molecule has 6 heteroatoms. The molecule has 112 valence electrons. The number of nitrogens with one attached hydrogen (secondary N) is 1. The summed E-state index contributed by atoms with van der Waals surface area (Å²) >= 11 is 0. The van der Waals surface area contributed by atoms with Gasteiger partial charge in [-0.2, -0.15) is 0 Å². The number of likely N-dealkylation sites (N-methyl/N-ethyl adjacent to an activating group) is 1. The van der Waals surface area contributed by atoms with Crippen LogP contribution in [0.1, 0.15) is 45.4 Å². The van der Waals surface area contributed by atoms with Crippen LogP contribution in [-0.2, 0) is 4.79 Å². The number of aliphatic imine (C=N–C) groups is 1. The lowest BCUT2D eigenvalue weighted by Gasteiger charge is -2.23. The van der Waals surface area contributed by atoms with Crippen molar-refractivity contribution in [2.75, 3.05) is 13.6 Å². The lowest BCUT2D eigenvalue weighted by Crippen LogP contribution is -2.41. The van der Waals surface area contributed by atoms with Gasteiger partial charge in [-0.05, 0) is 25.8 Å². The smallest absolute Gasteiger partial charge is 0.320 e. The van der Waals surface area contributed by atoms with E-state index in [-0.39, 0.29) is 11.9 Å². The summed E-state index contributed by atoms with van der Waals surface area (Å²) in [5.74, 6) is -0.698. The van der Waals surface area contributed by atoms with Gasteiger partial charge in [-0.25, -0.2) is 0 Å². The third kappa shape index (κ3) is 8.42. The molecule has 0 aromatic rings. The number of hydrogen-bond donors (Lipinski definition) is 4. The monoisotopic (exact) mass is 272 g/mol. The summed E-state index contributed by atoms with van der Waals surface area (Å²) in [5, 5.41) is 12.1. The normalized spacial score (nSPS) is 13.8. The molecule has 2 unspecified atom stereocenters. The Morgan fingerprint density at radius 1 is 1.26 bits per heavy atom. The molecule has 0 radical (unpaired) electrons. The van der Waals surface area contributed by atoms with Gasteiger partial charge in [0.25, 0.3) is 0 Å². The van der Waals surface area contributed by atoms with Gasteiger partial charge in [0.1, 0.15) is 6.04 Å². The van der Waals surface area contributed by atoms with Crippen molar-refractivity contribution in [2.24, 2.45) is 22.4 Å². The van der Waals surface area contributed by atoms with E-state index in [4.69, 9.17) is 11.5 Å². The first-order chi connectivity index (χ1) is 9.02. The van der Waals surface area contributed by atoms with Crippen molar-refractivity contribution in [1.29, 1.82) is 0 Å². The van der Waals surface area contributed by atoms with E-state index < -0.39 is 12.0 Å². The van der Waals surface area contributed by atoms with Crippen molar-refractivity contribution in [3.8, 4) is 0 Å². The average Bonchev–Trinajstić information content (AvgIpc) is 2.33. The molecule has 0 fully saturated rings. The first kappa shape index (κ1) is 17.7. The van der Waals surface area contributed by atoms with Crippen LogP contribution in [0.15, 0.2) is 4.99 Å². The number of carboxylic acid groups (broad SMARTS) is 1. The van der Waals surface area contributed by atoms with E-state index in [1.54, 1.807) is 7.05 Å². The number of hydrogen-bond acceptors (Lipinski definition) is 3. The van der Waals surface area contributed by atoms with Crippen LogP contribution in [0.25, 0.3) is 0 Å². The van der Waals surface area contributed by atoms with Gasteiger partial charge in [-0.3, -0.25) is 9.79 Å². The van der Waals surface area contributed by atoms with E-state index in [9.17, 15) is 9.90 Å². The predicted octanol–water partition coefficient (Wildman–Crippen LogP) is 0.909. The van der Waals surface area contributed by atoms with E-state index >= 15 is 0 Å². The van der Waals surface area contributed by atoms with Crippen molar-refractivity contribution >= 4 is 11.9 Å². The van der Waals surface area contributed by atoms with E-state index in [1.807, 2.05) is 0 Å². The molecule has 0 aliphatic heterocycles. The molecule has 0 aliphatic rings. The zero-order valence-corrected chi connectivity index (χ0v) is 12.1. The lowest BCUT2D eigenvalue weighted by atomic mass is 9.90. The van der Waals surface area contributed by atoms with Crippen molar-refractivity contribution in [3.05, 3.63) is 0 Å². The van der Waals surface area contributed by atoms with Gasteiger partial charge >= 0.3 is 5.97 Å². The molecule has 6 nitrogen and oxygen atoms in total. The van der Waals surface area contributed by atoms with Gasteiger partial charge in [0.05, 0.1) is 0 Å². The molecule has 2 atom stereocenters. The molecule has 0 aromatic carbocycles. The average molecular weight is 272 g/mol. The van der Waals surface area contributed by atoms with Crippen LogP contribution in [-0.4, -0.2) is 36.7 Å². The molecule has 0 spiro atoms. The lowest BCUT2D eigenvalue weighted by molar-refractivity contribution is -0.141. The van der Waals surface area contributed by atoms with Crippen LogP contribution >= 0.6 is 0 Å². The summed E-state index contributed by atoms with van der Waals surface area (Å²) in [6.45, 7) is 2.64. The summed E-state index contributed by atoms with van der Waals surface area (Å²) in [7, 11) is 1.68. The SMILES string of the molecule is CCCCCCC(CCN=C(N)N)C(NC)C(=O)O. The van der Waals surface area contributed by atoms with E-state index in [2.05, 4.69) is 17.2 Å². The van der Waals surface area contributed by atoms with Gasteiger partial charge in [-0.15, -0.1) is 0 Å². The standard InChI is InChI=1S/C13H28N4O2/c1-3-4-5-6-7-10(8-9-17-13(14)15)11(16-2)12(18)19/h10-11,16H,3-9H2,1-2H3,(H,18,19)(H4,14,15,17). The Hall–Kier alpha value is -1.30. The summed E-state index contributed by atoms with van der Waals surface area (Å²) in [6.07, 6.45) is 6.13. The Labute approximate surface area is 115 Å². The third-order valence-electron chi connectivity index (χ3n) is 3.27. The summed E-state index contributed by atoms with van der Waals surface area (Å²) < 4.78 is 0. The second-order valence-corrected chi connectivity index (χ2v) is 4.81. The van der Waals surface area contributed by atoms with Gasteiger partial charge in [0.2, 0.25) is 0 Å². The topological polar surface area (TPSA) is 114 Å². The van der Waals surface area contributed by atoms with Crippen LogP contribution in [0.4, 0.5) is 0 Å². The fourth-order valence-electron chi connectivity index (χ4n) is 2.23. The number of aliphatic carboxylic acids is 1. The minimum absolute atomic E-state index is 0.0565. The third-order valence-corrected chi connectivity index (χ3v) is 3.27. The molecule has 0 saturated carbocycles. The Morgan fingerprint density at radius 2 is 1.95 bits per heavy atom. The molecule has 6 N–H and O–H groups in total. The van der Waals surface area contributed by atoms with Crippen LogP contribution in [0, 0.1) is 5.92 Å². The molecule has 0 rings (SSSR count). The Kier molecular flexibility index (Phi) is 9.88. The first-order valence-electron chi connectivity index (χ1n) is 6.98. The maximum Gasteiger partial charge on any atom is 0.320 e. The van der Waals surface area contributed by atoms with E-state index in [1.165, 1.54) is 12.8 Å². The zero-order chi connectivity index (χ0) is 14.7. The number of rotatable bonds is 11. The summed E-state index contributed by atoms with van der Waals surface area (Å²) in [5.41, 5.74) is 10.6. The molecular formula is C13H28N4O2. The van der Waals surface area contributed by atoms with Gasteiger partial charge < -0.3 is 21.9 Å². The van der Waals surface area contributed by atoms with Crippen molar-refractivity contribution < 1.29 is 9.90 Å². The molecular weight excluding hydrogens is 244 g/mol. The van der Waals surface area contributed by atoms with Gasteiger partial charge in [0, 0.05) is 6.54 Å². The molecule has 0 bridgehead atoms. The van der Waals surface area contributed by atoms with Crippen molar-refractivity contribution in [2.45, 2.75) is 51.5 Å². The number of guanidine groups is 1. The largest absolute Gasteiger partial charge is 0.480 e. The van der Waals surface area contributed by atoms with Crippen LogP contribution in [0.5, 0.6) is 0 Å². The Morgan fingerprint density at radius 3 is 2.42 bits per heavy atom. The van der Waals surface area contributed by atoms with E-state index in [0.717, 1.165) is 19.3 Å². The van der Waals surface area contributed by atoms with Gasteiger partial charge in [-0.1, -0.05) is 32.6 Å². The van der Waals surface area contributed by atoms with Crippen LogP contribution < -0.4 is 16.8 Å². The molecule has 19 heavy (non-hydrogen) atoms. The Bertz CT molecular complexity index is 278. The quantitative estimate of drug-likeness (QED) is 0.253. The first-order valence-corrected chi connectivity index (χ1v) is 6.98. The molecule has 0 amide bonds. The van der Waals surface area contributed by atoms with Crippen molar-refractivity contribution in [1.82, 2.24) is 5.32 Å². The van der Waals surface area contributed by atoms with Crippen LogP contribution in [0.2, 0.25) is 0 Å². The molecule has 0 saturated heterocycles. The predicted molar refractivity (Wildman–Crippen MR) is 78.0 cm³/mol. The summed E-state index contributed by atoms with van der Waals surface area (Å²) in [4.78, 5) is 15.1. The Balaban J connectivity index is 4.35. The minimum Gasteiger partial charge on any atom is -0.480 e. The number of carboxylic acids is 1. The number of nitrogens with two attached hydrogens (primary N) is 2. The highest BCUT2D eigenvalue weighted by molar-refractivity contribution is 5.75. The van der Waals surface area contributed by atoms with Gasteiger partial charge in [0.15, 0.2) is 5.96 Å². The highest BCUT2D eigenvalue weighted by atomic mass is 16.4. The highest BCUT2D eigenvalue weighted by Crippen LogP contribution is 2.19. The van der Waals surface area contributed by atoms with Crippen LogP contribution in [0.3, 0.4) is 0 Å². The maximum atomic E-state index is 11.2. The second kappa shape index (κ2) is 10.6. The fraction of sp³-hybridized carbons (Fsp3) is 0.846. The summed E-state index contributed by atoms with van der Waals surface area (Å²) in [6, 6.07) is -0.532. The molecule has 0 aliphatic carbocycles. The molecule has 0 heterocycles. The number of nitrogens with zero attached hydrogens (tertiary/aromatic N) is 1. The number of carbonyl (C=O) groups is 1. The highest BCUT2D eigenvalue weighted by Gasteiger charge is 2.25. The maximum absolute atomic E-state index is 11.2. The number of unbranched alkanes of at least 4 members (excludes halogenated alkanes) is 3.